The van der Waals surface area contributed by atoms with Crippen molar-refractivity contribution in [1.82, 2.24) is 0 Å². The predicted octanol–water partition coefficient (Wildman–Crippen LogP) is 2.17. The van der Waals surface area contributed by atoms with Crippen molar-refractivity contribution in [3.63, 3.8) is 0 Å². The summed E-state index contributed by atoms with van der Waals surface area (Å²) < 4.78 is 50.0. The zero-order chi connectivity index (χ0) is 20.0. The first-order valence-electron chi connectivity index (χ1n) is 6.75. The second-order valence-electron chi connectivity index (χ2n) is 4.89. The number of carbonyl (C=O) groups is 2. The van der Waals surface area contributed by atoms with Gasteiger partial charge in [0.05, 0.1) is 0 Å². The number of aliphatic hydroxyl groups is 2. The predicted molar refractivity (Wildman–Crippen MR) is 77.9 cm³/mol. The summed E-state index contributed by atoms with van der Waals surface area (Å²) in [5, 5.41) is 34.5. The normalized spacial score (nSPS) is 12.5. The fourth-order valence-electron chi connectivity index (χ4n) is 1.75. The molecule has 4 N–H and O–H groups in total. The van der Waals surface area contributed by atoms with E-state index in [1.54, 1.807) is 0 Å². The first kappa shape index (κ1) is 21.1. The standard InChI is InChI=1S/2C8H6F2O3/c2*9-5-1-4(2-6(10)3-5)7(11)8(12)13/h2*1-3,7,11H,(H,12,13)/t7-;/m1./s1. The first-order chi connectivity index (χ1) is 12.0. The molecule has 0 bridgehead atoms. The van der Waals surface area contributed by atoms with Crippen molar-refractivity contribution >= 4 is 11.9 Å². The van der Waals surface area contributed by atoms with Gasteiger partial charge in [-0.05, 0) is 35.4 Å². The van der Waals surface area contributed by atoms with E-state index >= 15 is 0 Å². The molecule has 0 saturated heterocycles. The van der Waals surface area contributed by atoms with Crippen LogP contribution in [0.2, 0.25) is 0 Å². The van der Waals surface area contributed by atoms with Gasteiger partial charge in [-0.1, -0.05) is 0 Å². The highest BCUT2D eigenvalue weighted by Gasteiger charge is 2.18. The molecule has 26 heavy (non-hydrogen) atoms. The van der Waals surface area contributed by atoms with Crippen LogP contribution < -0.4 is 0 Å². The Kier molecular flexibility index (Phi) is 7.23. The van der Waals surface area contributed by atoms with Gasteiger partial charge in [-0.3, -0.25) is 0 Å². The fourth-order valence-corrected chi connectivity index (χ4v) is 1.75. The second kappa shape index (κ2) is 8.92. The van der Waals surface area contributed by atoms with Crippen LogP contribution in [-0.2, 0) is 9.59 Å². The molecule has 1 unspecified atom stereocenters. The van der Waals surface area contributed by atoms with Crippen molar-refractivity contribution in [1.29, 1.82) is 0 Å². The average molecular weight is 376 g/mol. The van der Waals surface area contributed by atoms with E-state index < -0.39 is 47.4 Å². The van der Waals surface area contributed by atoms with Crippen LogP contribution in [0.3, 0.4) is 0 Å². The fraction of sp³-hybridized carbons (Fsp3) is 0.125. The van der Waals surface area contributed by atoms with Crippen LogP contribution in [0.1, 0.15) is 23.3 Å². The molecule has 2 rings (SSSR count). The van der Waals surface area contributed by atoms with Crippen LogP contribution in [0.5, 0.6) is 0 Å². The number of hydrogen-bond donors (Lipinski definition) is 4. The van der Waals surface area contributed by atoms with Gasteiger partial charge in [-0.2, -0.15) is 0 Å². The van der Waals surface area contributed by atoms with E-state index in [1.807, 2.05) is 0 Å². The lowest BCUT2D eigenvalue weighted by molar-refractivity contribution is -0.147. The number of aliphatic carboxylic acids is 2. The van der Waals surface area contributed by atoms with Gasteiger partial charge in [-0.15, -0.1) is 0 Å². The number of benzene rings is 2. The van der Waals surface area contributed by atoms with Gasteiger partial charge in [0.1, 0.15) is 23.3 Å². The maximum Gasteiger partial charge on any atom is 0.337 e. The van der Waals surface area contributed by atoms with Crippen LogP contribution in [0.4, 0.5) is 17.6 Å². The Morgan fingerprint density at radius 2 is 0.846 bits per heavy atom. The van der Waals surface area contributed by atoms with Crippen LogP contribution >= 0.6 is 0 Å². The largest absolute Gasteiger partial charge is 0.479 e. The van der Waals surface area contributed by atoms with Crippen LogP contribution in [0, 0.1) is 23.3 Å². The number of rotatable bonds is 4. The smallest absolute Gasteiger partial charge is 0.337 e. The minimum absolute atomic E-state index is 0.315. The number of carboxylic acid groups (broad SMARTS) is 2. The van der Waals surface area contributed by atoms with Gasteiger partial charge in [-0.25, -0.2) is 27.2 Å². The summed E-state index contributed by atoms with van der Waals surface area (Å²) in [6.07, 6.45) is -3.80. The summed E-state index contributed by atoms with van der Waals surface area (Å²) in [5.41, 5.74) is -0.630. The molecule has 0 amide bonds. The van der Waals surface area contributed by atoms with Crippen LogP contribution in [0.15, 0.2) is 36.4 Å². The monoisotopic (exact) mass is 376 g/mol. The van der Waals surface area contributed by atoms with Gasteiger partial charge in [0, 0.05) is 12.1 Å². The third kappa shape index (κ3) is 6.15. The molecule has 10 heteroatoms. The summed E-state index contributed by atoms with van der Waals surface area (Å²) in [4.78, 5) is 20.5. The number of aliphatic hydroxyl groups excluding tert-OH is 2. The van der Waals surface area contributed by atoms with E-state index in [-0.39, 0.29) is 11.1 Å². The average Bonchev–Trinajstić information content (AvgIpc) is 2.51. The molecule has 6 nitrogen and oxygen atoms in total. The van der Waals surface area contributed by atoms with Crippen LogP contribution in [-0.4, -0.2) is 32.4 Å². The summed E-state index contributed by atoms with van der Waals surface area (Å²) in [6.45, 7) is 0. The molecule has 0 aromatic heterocycles. The van der Waals surface area contributed by atoms with Gasteiger partial charge >= 0.3 is 11.9 Å². The Hall–Kier alpha value is -2.98. The van der Waals surface area contributed by atoms with Crippen LogP contribution in [0.25, 0.3) is 0 Å². The maximum absolute atomic E-state index is 12.5. The Labute approximate surface area is 143 Å². The van der Waals surface area contributed by atoms with E-state index in [0.29, 0.717) is 12.1 Å². The molecule has 0 heterocycles. The van der Waals surface area contributed by atoms with E-state index in [2.05, 4.69) is 0 Å². The van der Waals surface area contributed by atoms with Gasteiger partial charge in [0.15, 0.2) is 12.2 Å². The molecular formula is C16H12F4O6. The number of halogens is 4. The zero-order valence-electron chi connectivity index (χ0n) is 12.7. The van der Waals surface area contributed by atoms with Gasteiger partial charge in [0.2, 0.25) is 0 Å². The summed E-state index contributed by atoms with van der Waals surface area (Å²) in [7, 11) is 0. The zero-order valence-corrected chi connectivity index (χ0v) is 12.7. The topological polar surface area (TPSA) is 115 Å². The molecule has 2 aromatic carbocycles. The Bertz CT molecular complexity index is 703. The molecule has 0 fully saturated rings. The van der Waals surface area contributed by atoms with Crippen molar-refractivity contribution in [2.45, 2.75) is 12.2 Å². The molecule has 2 atom stereocenters. The quantitative estimate of drug-likeness (QED) is 0.608. The highest BCUT2D eigenvalue weighted by molar-refractivity contribution is 5.74. The van der Waals surface area contributed by atoms with E-state index in [1.165, 1.54) is 0 Å². The van der Waals surface area contributed by atoms with Gasteiger partial charge in [0.25, 0.3) is 0 Å². The third-order valence-corrected chi connectivity index (χ3v) is 2.87. The third-order valence-electron chi connectivity index (χ3n) is 2.87. The lowest BCUT2D eigenvalue weighted by Crippen LogP contribution is -2.10. The van der Waals surface area contributed by atoms with Crippen molar-refractivity contribution in [2.75, 3.05) is 0 Å². The van der Waals surface area contributed by atoms with E-state index in [9.17, 15) is 27.2 Å². The molecule has 0 aliphatic rings. The van der Waals surface area contributed by atoms with Gasteiger partial charge < -0.3 is 20.4 Å². The minimum atomic E-state index is -1.90. The van der Waals surface area contributed by atoms with E-state index in [0.717, 1.165) is 24.3 Å². The number of hydrogen-bond acceptors (Lipinski definition) is 4. The number of carboxylic acids is 2. The highest BCUT2D eigenvalue weighted by atomic mass is 19.1. The molecule has 0 radical (unpaired) electrons. The Morgan fingerprint density at radius 3 is 1.04 bits per heavy atom. The van der Waals surface area contributed by atoms with E-state index in [4.69, 9.17) is 20.4 Å². The summed E-state index contributed by atoms with van der Waals surface area (Å²) in [6, 6.07) is 4.25. The SMILES string of the molecule is O=C(O)C(O)c1cc(F)cc(F)c1.O=C(O)[C@H](O)c1cc(F)cc(F)c1. The molecule has 0 aliphatic carbocycles. The second-order valence-corrected chi connectivity index (χ2v) is 4.89. The first-order valence-corrected chi connectivity index (χ1v) is 6.75. The Morgan fingerprint density at radius 1 is 0.615 bits per heavy atom. The molecule has 0 spiro atoms. The minimum Gasteiger partial charge on any atom is -0.479 e. The molecular weight excluding hydrogens is 364 g/mol. The molecule has 2 aromatic rings. The molecule has 0 saturated carbocycles. The molecule has 140 valence electrons. The highest BCUT2D eigenvalue weighted by Crippen LogP contribution is 2.17. The lowest BCUT2D eigenvalue weighted by atomic mass is 10.1. The molecule has 0 aliphatic heterocycles. The summed E-state index contributed by atoms with van der Waals surface area (Å²) in [5.74, 6) is -6.79. The lowest BCUT2D eigenvalue weighted by Gasteiger charge is -2.05. The van der Waals surface area contributed by atoms with Crippen molar-refractivity contribution in [3.8, 4) is 0 Å². The Balaban J connectivity index is 0.000000260. The van der Waals surface area contributed by atoms with Crippen molar-refractivity contribution < 1.29 is 47.6 Å². The summed E-state index contributed by atoms with van der Waals surface area (Å²) >= 11 is 0. The maximum atomic E-state index is 12.5. The van der Waals surface area contributed by atoms with Crippen molar-refractivity contribution in [3.05, 3.63) is 70.8 Å². The van der Waals surface area contributed by atoms with Crippen molar-refractivity contribution in [2.24, 2.45) is 0 Å².